The number of anilines is 1. The van der Waals surface area contributed by atoms with Crippen LogP contribution in [-0.4, -0.2) is 20.1 Å². The van der Waals surface area contributed by atoms with Gasteiger partial charge in [-0.25, -0.2) is 0 Å². The molecule has 24 heavy (non-hydrogen) atoms. The quantitative estimate of drug-likeness (QED) is 0.797. The second kappa shape index (κ2) is 8.20. The van der Waals surface area contributed by atoms with Gasteiger partial charge in [-0.3, -0.25) is 4.79 Å². The summed E-state index contributed by atoms with van der Waals surface area (Å²) in [5, 5.41) is 2.88. The van der Waals surface area contributed by atoms with Crippen LogP contribution < -0.4 is 14.8 Å². The first-order chi connectivity index (χ1) is 11.5. The van der Waals surface area contributed by atoms with Gasteiger partial charge in [-0.05, 0) is 35.8 Å². The molecular weight excluding hydrogens is 302 g/mol. The van der Waals surface area contributed by atoms with Gasteiger partial charge in [-0.15, -0.1) is 0 Å². The van der Waals surface area contributed by atoms with Crippen molar-refractivity contribution in [2.75, 3.05) is 19.5 Å². The number of benzene rings is 2. The predicted octanol–water partition coefficient (Wildman–Crippen LogP) is 4.48. The standard InChI is InChI=1S/C20H23NO3/c1-14(2)16-8-5-9-17(13-16)21-19(22)12-11-15-7-6-10-18(23-3)20(15)24-4/h5-14H,1-4H3,(H,21,22)/b12-11+. The summed E-state index contributed by atoms with van der Waals surface area (Å²) in [5.74, 6) is 1.45. The zero-order chi connectivity index (χ0) is 17.5. The van der Waals surface area contributed by atoms with Gasteiger partial charge in [0.15, 0.2) is 11.5 Å². The Kier molecular flexibility index (Phi) is 6.01. The molecule has 1 amide bonds. The molecule has 1 N–H and O–H groups in total. The molecular formula is C20H23NO3. The van der Waals surface area contributed by atoms with Crippen LogP contribution in [0.15, 0.2) is 48.5 Å². The number of rotatable bonds is 6. The van der Waals surface area contributed by atoms with Crippen LogP contribution in [0.2, 0.25) is 0 Å². The zero-order valence-electron chi connectivity index (χ0n) is 14.5. The smallest absolute Gasteiger partial charge is 0.248 e. The normalized spacial score (nSPS) is 10.9. The molecule has 4 heteroatoms. The number of hydrogen-bond donors (Lipinski definition) is 1. The molecule has 0 aliphatic carbocycles. The number of para-hydroxylation sites is 1. The minimum absolute atomic E-state index is 0.194. The molecule has 126 valence electrons. The Bertz CT molecular complexity index is 735. The Balaban J connectivity index is 2.13. The molecule has 0 aliphatic rings. The van der Waals surface area contributed by atoms with Gasteiger partial charge >= 0.3 is 0 Å². The van der Waals surface area contributed by atoms with E-state index in [1.165, 1.54) is 11.6 Å². The van der Waals surface area contributed by atoms with Crippen LogP contribution >= 0.6 is 0 Å². The Morgan fingerprint density at radius 1 is 1.08 bits per heavy atom. The van der Waals surface area contributed by atoms with Gasteiger partial charge in [0.25, 0.3) is 0 Å². The van der Waals surface area contributed by atoms with Crippen LogP contribution in [0, 0.1) is 0 Å². The molecule has 2 rings (SSSR count). The average Bonchev–Trinajstić information content (AvgIpc) is 2.59. The van der Waals surface area contributed by atoms with E-state index in [1.54, 1.807) is 20.3 Å². The third-order valence-corrected chi connectivity index (χ3v) is 3.67. The second-order valence-corrected chi connectivity index (χ2v) is 5.69. The fourth-order valence-electron chi connectivity index (χ4n) is 2.37. The van der Waals surface area contributed by atoms with Crippen LogP contribution in [0.5, 0.6) is 11.5 Å². The van der Waals surface area contributed by atoms with Crippen LogP contribution in [0.4, 0.5) is 5.69 Å². The van der Waals surface area contributed by atoms with Crippen molar-refractivity contribution in [3.05, 3.63) is 59.7 Å². The van der Waals surface area contributed by atoms with Crippen molar-refractivity contribution in [3.8, 4) is 11.5 Å². The largest absolute Gasteiger partial charge is 0.493 e. The number of carbonyl (C=O) groups is 1. The van der Waals surface area contributed by atoms with Gasteiger partial charge in [0, 0.05) is 17.3 Å². The summed E-state index contributed by atoms with van der Waals surface area (Å²) in [5.41, 5.74) is 2.75. The monoisotopic (exact) mass is 325 g/mol. The Hall–Kier alpha value is -2.75. The molecule has 0 bridgehead atoms. The van der Waals surface area contributed by atoms with Crippen LogP contribution in [0.25, 0.3) is 6.08 Å². The molecule has 0 fully saturated rings. The summed E-state index contributed by atoms with van der Waals surface area (Å²) < 4.78 is 10.6. The third kappa shape index (κ3) is 4.38. The predicted molar refractivity (Wildman–Crippen MR) is 97.7 cm³/mol. The Labute approximate surface area is 143 Å². The minimum Gasteiger partial charge on any atom is -0.493 e. The Morgan fingerprint density at radius 2 is 1.83 bits per heavy atom. The lowest BCUT2D eigenvalue weighted by Crippen LogP contribution is -2.08. The summed E-state index contributed by atoms with van der Waals surface area (Å²) in [4.78, 5) is 12.2. The molecule has 0 radical (unpaired) electrons. The topological polar surface area (TPSA) is 47.6 Å². The highest BCUT2D eigenvalue weighted by Gasteiger charge is 2.07. The first kappa shape index (κ1) is 17.6. The van der Waals surface area contributed by atoms with Crippen LogP contribution in [-0.2, 0) is 4.79 Å². The van der Waals surface area contributed by atoms with Gasteiger partial charge in [0.2, 0.25) is 5.91 Å². The highest BCUT2D eigenvalue weighted by atomic mass is 16.5. The average molecular weight is 325 g/mol. The summed E-state index contributed by atoms with van der Waals surface area (Å²) >= 11 is 0. The maximum Gasteiger partial charge on any atom is 0.248 e. The second-order valence-electron chi connectivity index (χ2n) is 5.69. The molecule has 0 heterocycles. The lowest BCUT2D eigenvalue weighted by molar-refractivity contribution is -0.111. The van der Waals surface area contributed by atoms with E-state index in [0.717, 1.165) is 11.3 Å². The number of nitrogens with one attached hydrogen (secondary N) is 1. The van der Waals surface area contributed by atoms with Crippen LogP contribution in [0.3, 0.4) is 0 Å². The molecule has 4 nitrogen and oxygen atoms in total. The number of hydrogen-bond acceptors (Lipinski definition) is 3. The maximum atomic E-state index is 12.2. The molecule has 0 saturated heterocycles. The number of methoxy groups -OCH3 is 2. The SMILES string of the molecule is COc1cccc(/C=C/C(=O)Nc2cccc(C(C)C)c2)c1OC. The molecule has 2 aromatic rings. The van der Waals surface area contributed by atoms with E-state index in [9.17, 15) is 4.79 Å². The van der Waals surface area contributed by atoms with E-state index in [-0.39, 0.29) is 5.91 Å². The van der Waals surface area contributed by atoms with E-state index in [4.69, 9.17) is 9.47 Å². The molecule has 0 aromatic heterocycles. The van der Waals surface area contributed by atoms with Crippen molar-refractivity contribution in [1.82, 2.24) is 0 Å². The Morgan fingerprint density at radius 3 is 2.50 bits per heavy atom. The fraction of sp³-hybridized carbons (Fsp3) is 0.250. The molecule has 2 aromatic carbocycles. The minimum atomic E-state index is -0.194. The highest BCUT2D eigenvalue weighted by Crippen LogP contribution is 2.31. The van der Waals surface area contributed by atoms with E-state index in [2.05, 4.69) is 25.2 Å². The summed E-state index contributed by atoms with van der Waals surface area (Å²) in [6, 6.07) is 13.4. The zero-order valence-corrected chi connectivity index (χ0v) is 14.5. The lowest BCUT2D eigenvalue weighted by atomic mass is 10.0. The third-order valence-electron chi connectivity index (χ3n) is 3.67. The molecule has 0 atom stereocenters. The van der Waals surface area contributed by atoms with E-state index in [0.29, 0.717) is 17.4 Å². The van der Waals surface area contributed by atoms with Gasteiger partial charge in [-0.1, -0.05) is 38.1 Å². The number of ether oxygens (including phenoxy) is 2. The maximum absolute atomic E-state index is 12.2. The van der Waals surface area contributed by atoms with Gasteiger partial charge in [0.1, 0.15) is 0 Å². The molecule has 0 spiro atoms. The summed E-state index contributed by atoms with van der Waals surface area (Å²) in [6.07, 6.45) is 3.20. The van der Waals surface area contributed by atoms with E-state index in [1.807, 2.05) is 36.4 Å². The first-order valence-corrected chi connectivity index (χ1v) is 7.85. The van der Waals surface area contributed by atoms with E-state index < -0.39 is 0 Å². The van der Waals surface area contributed by atoms with Gasteiger partial charge in [-0.2, -0.15) is 0 Å². The summed E-state index contributed by atoms with van der Waals surface area (Å²) in [7, 11) is 3.16. The number of carbonyl (C=O) groups excluding carboxylic acids is 1. The van der Waals surface area contributed by atoms with Crippen molar-refractivity contribution < 1.29 is 14.3 Å². The lowest BCUT2D eigenvalue weighted by Gasteiger charge is -2.10. The first-order valence-electron chi connectivity index (χ1n) is 7.85. The van der Waals surface area contributed by atoms with E-state index >= 15 is 0 Å². The molecule has 0 unspecified atom stereocenters. The van der Waals surface area contributed by atoms with Gasteiger partial charge < -0.3 is 14.8 Å². The van der Waals surface area contributed by atoms with Crippen molar-refractivity contribution in [2.24, 2.45) is 0 Å². The van der Waals surface area contributed by atoms with Crippen molar-refractivity contribution in [1.29, 1.82) is 0 Å². The van der Waals surface area contributed by atoms with Gasteiger partial charge in [0.05, 0.1) is 14.2 Å². The summed E-state index contributed by atoms with van der Waals surface area (Å²) in [6.45, 7) is 4.24. The fourth-order valence-corrected chi connectivity index (χ4v) is 2.37. The highest BCUT2D eigenvalue weighted by molar-refractivity contribution is 6.02. The van der Waals surface area contributed by atoms with Crippen molar-refractivity contribution >= 4 is 17.7 Å². The molecule has 0 aliphatic heterocycles. The van der Waals surface area contributed by atoms with Crippen molar-refractivity contribution in [3.63, 3.8) is 0 Å². The molecule has 0 saturated carbocycles. The number of amides is 1. The van der Waals surface area contributed by atoms with Crippen LogP contribution in [0.1, 0.15) is 30.9 Å². The van der Waals surface area contributed by atoms with Crippen molar-refractivity contribution in [2.45, 2.75) is 19.8 Å².